The van der Waals surface area contributed by atoms with E-state index in [0.29, 0.717) is 6.61 Å². The molecule has 0 amide bonds. The second kappa shape index (κ2) is 10.0. The van der Waals surface area contributed by atoms with Crippen molar-refractivity contribution in [2.75, 3.05) is 0 Å². The van der Waals surface area contributed by atoms with Crippen LogP contribution in [-0.2, 0) is 19.7 Å². The number of halogens is 2. The lowest BCUT2D eigenvalue weighted by molar-refractivity contribution is 0.306. The van der Waals surface area contributed by atoms with E-state index in [2.05, 4.69) is 28.5 Å². The third-order valence-corrected chi connectivity index (χ3v) is 4.03. The largest absolute Gasteiger partial charge is 0.489 e. The number of hydrogen-bond acceptors (Lipinski definition) is 3. The van der Waals surface area contributed by atoms with Crippen molar-refractivity contribution in [3.63, 3.8) is 0 Å². The Morgan fingerprint density at radius 1 is 0.880 bits per heavy atom. The molecular formula is C20H20Cl2N2O. The van der Waals surface area contributed by atoms with E-state index in [1.165, 1.54) is 11.1 Å². The van der Waals surface area contributed by atoms with Crippen LogP contribution in [0, 0.1) is 0 Å². The van der Waals surface area contributed by atoms with Crippen LogP contribution in [0.5, 0.6) is 5.75 Å². The van der Waals surface area contributed by atoms with Crippen LogP contribution in [-0.4, -0.2) is 4.98 Å². The van der Waals surface area contributed by atoms with Gasteiger partial charge in [-0.3, -0.25) is 4.98 Å². The van der Waals surface area contributed by atoms with Gasteiger partial charge in [-0.2, -0.15) is 0 Å². The van der Waals surface area contributed by atoms with E-state index in [1.54, 1.807) is 6.20 Å². The summed E-state index contributed by atoms with van der Waals surface area (Å²) >= 11 is 6.13. The molecule has 2 aromatic carbocycles. The molecule has 0 aliphatic heterocycles. The molecule has 0 saturated heterocycles. The number of aromatic nitrogens is 1. The van der Waals surface area contributed by atoms with Gasteiger partial charge >= 0.3 is 0 Å². The third kappa shape index (κ3) is 6.05. The summed E-state index contributed by atoms with van der Waals surface area (Å²) in [5.74, 6) is 0.839. The molecule has 0 fully saturated rings. The Labute approximate surface area is 159 Å². The molecule has 0 aliphatic rings. The maximum Gasteiger partial charge on any atom is 0.119 e. The van der Waals surface area contributed by atoms with Crippen molar-refractivity contribution in [3.8, 4) is 5.75 Å². The van der Waals surface area contributed by atoms with Gasteiger partial charge in [-0.1, -0.05) is 48.0 Å². The lowest BCUT2D eigenvalue weighted by Gasteiger charge is -2.09. The summed E-state index contributed by atoms with van der Waals surface area (Å²) in [6.07, 6.45) is 3.66. The molecule has 0 atom stereocenters. The van der Waals surface area contributed by atoms with Gasteiger partial charge in [0.1, 0.15) is 12.4 Å². The third-order valence-electron chi connectivity index (χ3n) is 3.66. The molecule has 0 aliphatic carbocycles. The number of rotatable bonds is 7. The summed E-state index contributed by atoms with van der Waals surface area (Å²) in [5, 5.41) is 4.13. The molecule has 0 radical (unpaired) electrons. The first-order valence-electron chi connectivity index (χ1n) is 7.86. The number of ether oxygens (including phenoxy) is 1. The van der Waals surface area contributed by atoms with Crippen molar-refractivity contribution in [3.05, 3.63) is 94.8 Å². The van der Waals surface area contributed by atoms with E-state index < -0.39 is 0 Å². The number of benzene rings is 2. The zero-order valence-electron chi connectivity index (χ0n) is 13.7. The van der Waals surface area contributed by atoms with Crippen LogP contribution in [0.2, 0.25) is 5.02 Å². The minimum absolute atomic E-state index is 0. The van der Waals surface area contributed by atoms with Gasteiger partial charge in [-0.15, -0.1) is 12.4 Å². The quantitative estimate of drug-likeness (QED) is 0.629. The Balaban J connectivity index is 0.00000225. The van der Waals surface area contributed by atoms with Crippen molar-refractivity contribution in [1.82, 2.24) is 10.3 Å². The SMILES string of the molecule is Cl.Clc1ccccc1COc1ccc(CNCc2cccnc2)cc1. The Bertz CT molecular complexity index is 764. The van der Waals surface area contributed by atoms with Crippen molar-refractivity contribution in [2.24, 2.45) is 0 Å². The fourth-order valence-electron chi connectivity index (χ4n) is 2.33. The highest BCUT2D eigenvalue weighted by molar-refractivity contribution is 6.31. The molecule has 1 aromatic heterocycles. The van der Waals surface area contributed by atoms with Gasteiger partial charge in [0.15, 0.2) is 0 Å². The number of nitrogens with one attached hydrogen (secondary N) is 1. The van der Waals surface area contributed by atoms with E-state index >= 15 is 0 Å². The smallest absolute Gasteiger partial charge is 0.119 e. The molecule has 130 valence electrons. The summed E-state index contributed by atoms with van der Waals surface area (Å²) in [7, 11) is 0. The molecule has 3 nitrogen and oxygen atoms in total. The molecule has 3 aromatic rings. The second-order valence-corrected chi connectivity index (χ2v) is 5.90. The fourth-order valence-corrected chi connectivity index (χ4v) is 2.52. The van der Waals surface area contributed by atoms with Gasteiger partial charge in [0, 0.05) is 36.1 Å². The minimum atomic E-state index is 0. The lowest BCUT2D eigenvalue weighted by atomic mass is 10.2. The van der Waals surface area contributed by atoms with Gasteiger partial charge < -0.3 is 10.1 Å². The number of nitrogens with zero attached hydrogens (tertiary/aromatic N) is 1. The monoisotopic (exact) mass is 374 g/mol. The van der Waals surface area contributed by atoms with Crippen LogP contribution < -0.4 is 10.1 Å². The summed E-state index contributed by atoms with van der Waals surface area (Å²) in [4.78, 5) is 4.11. The Morgan fingerprint density at radius 2 is 1.64 bits per heavy atom. The van der Waals surface area contributed by atoms with Gasteiger partial charge in [0.25, 0.3) is 0 Å². The van der Waals surface area contributed by atoms with Gasteiger partial charge in [-0.05, 0) is 35.4 Å². The average Bonchev–Trinajstić information content (AvgIpc) is 2.63. The molecule has 25 heavy (non-hydrogen) atoms. The highest BCUT2D eigenvalue weighted by Gasteiger charge is 2.01. The van der Waals surface area contributed by atoms with Crippen molar-refractivity contribution < 1.29 is 4.74 Å². The highest BCUT2D eigenvalue weighted by Crippen LogP contribution is 2.19. The van der Waals surface area contributed by atoms with E-state index in [4.69, 9.17) is 16.3 Å². The van der Waals surface area contributed by atoms with Gasteiger partial charge in [0.05, 0.1) is 0 Å². The standard InChI is InChI=1S/C20H19ClN2O.ClH/c21-20-6-2-1-5-18(20)15-24-19-9-7-16(8-10-19)12-23-14-17-4-3-11-22-13-17;/h1-11,13,23H,12,14-15H2;1H. The number of pyridine rings is 1. The highest BCUT2D eigenvalue weighted by atomic mass is 35.5. The zero-order chi connectivity index (χ0) is 16.6. The first-order chi connectivity index (χ1) is 11.8. The molecule has 0 saturated carbocycles. The molecular weight excluding hydrogens is 355 g/mol. The van der Waals surface area contributed by atoms with Crippen molar-refractivity contribution >= 4 is 24.0 Å². The van der Waals surface area contributed by atoms with Crippen LogP contribution in [0.15, 0.2) is 73.1 Å². The Morgan fingerprint density at radius 3 is 2.36 bits per heavy atom. The van der Waals surface area contributed by atoms with E-state index in [1.807, 2.05) is 48.7 Å². The van der Waals surface area contributed by atoms with Crippen LogP contribution >= 0.6 is 24.0 Å². The fraction of sp³-hybridized carbons (Fsp3) is 0.150. The first kappa shape index (κ1) is 19.3. The van der Waals surface area contributed by atoms with Crippen LogP contribution in [0.4, 0.5) is 0 Å². The maximum absolute atomic E-state index is 6.13. The van der Waals surface area contributed by atoms with E-state index in [0.717, 1.165) is 29.4 Å². The maximum atomic E-state index is 6.13. The molecule has 1 N–H and O–H groups in total. The predicted molar refractivity (Wildman–Crippen MR) is 104 cm³/mol. The Kier molecular flexibility index (Phi) is 7.74. The Hall–Kier alpha value is -2.07. The van der Waals surface area contributed by atoms with Crippen LogP contribution in [0.3, 0.4) is 0 Å². The summed E-state index contributed by atoms with van der Waals surface area (Å²) < 4.78 is 5.79. The van der Waals surface area contributed by atoms with Gasteiger partial charge in [0.2, 0.25) is 0 Å². The molecule has 0 spiro atoms. The average molecular weight is 375 g/mol. The van der Waals surface area contributed by atoms with Crippen molar-refractivity contribution in [2.45, 2.75) is 19.7 Å². The van der Waals surface area contributed by atoms with E-state index in [9.17, 15) is 0 Å². The normalized spacial score (nSPS) is 10.1. The minimum Gasteiger partial charge on any atom is -0.489 e. The molecule has 5 heteroatoms. The summed E-state index contributed by atoms with van der Waals surface area (Å²) in [6.45, 7) is 2.08. The second-order valence-electron chi connectivity index (χ2n) is 5.49. The van der Waals surface area contributed by atoms with E-state index in [-0.39, 0.29) is 12.4 Å². The zero-order valence-corrected chi connectivity index (χ0v) is 15.3. The summed E-state index contributed by atoms with van der Waals surface area (Å²) in [6, 6.07) is 19.8. The van der Waals surface area contributed by atoms with Gasteiger partial charge in [-0.25, -0.2) is 0 Å². The first-order valence-corrected chi connectivity index (χ1v) is 8.24. The van der Waals surface area contributed by atoms with Crippen LogP contribution in [0.25, 0.3) is 0 Å². The molecule has 3 rings (SSSR count). The topological polar surface area (TPSA) is 34.1 Å². The molecule has 1 heterocycles. The molecule has 0 unspecified atom stereocenters. The molecule has 0 bridgehead atoms. The predicted octanol–water partition coefficient (Wildman–Crippen LogP) is 5.03. The van der Waals surface area contributed by atoms with Crippen LogP contribution in [0.1, 0.15) is 16.7 Å². The summed E-state index contributed by atoms with van der Waals surface area (Å²) in [5.41, 5.74) is 3.38. The van der Waals surface area contributed by atoms with Crippen molar-refractivity contribution in [1.29, 1.82) is 0 Å². The lowest BCUT2D eigenvalue weighted by Crippen LogP contribution is -2.12. The number of hydrogen-bond donors (Lipinski definition) is 1.